The molecular formula is C13H9ClFN3O3. The van der Waals surface area contributed by atoms with E-state index >= 15 is 0 Å². The molecule has 0 aliphatic heterocycles. The van der Waals surface area contributed by atoms with E-state index in [1.54, 1.807) is 0 Å². The Bertz CT molecular complexity index is 692. The van der Waals surface area contributed by atoms with Gasteiger partial charge < -0.3 is 5.32 Å². The Kier molecular flexibility index (Phi) is 4.44. The molecule has 1 N–H and O–H groups in total. The lowest BCUT2D eigenvalue weighted by Crippen LogP contribution is -2.23. The van der Waals surface area contributed by atoms with Crippen LogP contribution in [0.4, 0.5) is 10.1 Å². The molecule has 0 spiro atoms. The summed E-state index contributed by atoms with van der Waals surface area (Å²) in [5, 5.41) is 13.1. The number of aromatic nitrogens is 1. The van der Waals surface area contributed by atoms with Gasteiger partial charge in [0, 0.05) is 12.6 Å². The molecule has 0 fully saturated rings. The molecule has 0 aliphatic carbocycles. The van der Waals surface area contributed by atoms with E-state index in [0.717, 1.165) is 12.3 Å². The quantitative estimate of drug-likeness (QED) is 0.534. The van der Waals surface area contributed by atoms with E-state index in [2.05, 4.69) is 10.3 Å². The maximum atomic E-state index is 12.7. The zero-order chi connectivity index (χ0) is 15.4. The molecule has 8 heteroatoms. The number of hydrogen-bond donors (Lipinski definition) is 1. The number of carbonyl (C=O) groups is 1. The van der Waals surface area contributed by atoms with Gasteiger partial charge in [-0.15, -0.1) is 0 Å². The molecule has 0 unspecified atom stereocenters. The fourth-order valence-electron chi connectivity index (χ4n) is 1.58. The van der Waals surface area contributed by atoms with Crippen molar-refractivity contribution in [2.24, 2.45) is 0 Å². The summed E-state index contributed by atoms with van der Waals surface area (Å²) in [6, 6.07) is 6.62. The number of hydrogen-bond acceptors (Lipinski definition) is 4. The van der Waals surface area contributed by atoms with Crippen molar-refractivity contribution in [3.63, 3.8) is 0 Å². The molecule has 6 nitrogen and oxygen atoms in total. The Morgan fingerprint density at radius 2 is 2.05 bits per heavy atom. The largest absolute Gasteiger partial charge is 0.348 e. The first kappa shape index (κ1) is 14.9. The predicted molar refractivity (Wildman–Crippen MR) is 73.5 cm³/mol. The number of nitro groups is 1. The van der Waals surface area contributed by atoms with Gasteiger partial charge in [-0.2, -0.15) is 0 Å². The fourth-order valence-corrected chi connectivity index (χ4v) is 1.77. The highest BCUT2D eigenvalue weighted by Crippen LogP contribution is 2.19. The van der Waals surface area contributed by atoms with Crippen LogP contribution in [-0.4, -0.2) is 15.8 Å². The van der Waals surface area contributed by atoms with Gasteiger partial charge in [-0.25, -0.2) is 9.37 Å². The van der Waals surface area contributed by atoms with Crippen LogP contribution >= 0.6 is 11.6 Å². The zero-order valence-corrected chi connectivity index (χ0v) is 11.3. The minimum absolute atomic E-state index is 0.0898. The molecule has 2 rings (SSSR count). The van der Waals surface area contributed by atoms with Crippen LogP contribution in [0.25, 0.3) is 0 Å². The van der Waals surface area contributed by atoms with Crippen LogP contribution in [0.1, 0.15) is 15.9 Å². The molecule has 1 heterocycles. The number of carbonyl (C=O) groups excluding carboxylic acids is 1. The minimum atomic E-state index is -0.667. The van der Waals surface area contributed by atoms with Crippen molar-refractivity contribution < 1.29 is 14.1 Å². The monoisotopic (exact) mass is 309 g/mol. The molecule has 0 bridgehead atoms. The molecule has 0 aliphatic rings. The van der Waals surface area contributed by atoms with E-state index in [1.165, 1.54) is 24.3 Å². The van der Waals surface area contributed by atoms with Crippen molar-refractivity contribution in [2.45, 2.75) is 6.54 Å². The first-order valence-corrected chi connectivity index (χ1v) is 6.18. The second-order valence-electron chi connectivity index (χ2n) is 4.10. The number of pyridine rings is 1. The predicted octanol–water partition coefficient (Wildman–Crippen LogP) is 2.71. The summed E-state index contributed by atoms with van der Waals surface area (Å²) in [4.78, 5) is 25.5. The van der Waals surface area contributed by atoms with Crippen LogP contribution in [0.2, 0.25) is 5.15 Å². The third-order valence-electron chi connectivity index (χ3n) is 2.65. The molecule has 1 aromatic carbocycles. The van der Waals surface area contributed by atoms with Crippen molar-refractivity contribution in [3.8, 4) is 0 Å². The van der Waals surface area contributed by atoms with E-state index in [1.807, 2.05) is 0 Å². The maximum Gasteiger partial charge on any atom is 0.288 e. The molecule has 0 saturated carbocycles. The van der Waals surface area contributed by atoms with Crippen molar-refractivity contribution >= 4 is 23.2 Å². The van der Waals surface area contributed by atoms with Gasteiger partial charge in [0.25, 0.3) is 11.6 Å². The standard InChI is InChI=1S/C13H9ClFN3O3/c14-12-11(5-10(7-16-12)18(20)21)13(19)17-6-8-1-3-9(15)4-2-8/h1-5,7H,6H2,(H,17,19). The summed E-state index contributed by atoms with van der Waals surface area (Å²) in [6.45, 7) is 0.137. The summed E-state index contributed by atoms with van der Waals surface area (Å²) < 4.78 is 12.7. The second-order valence-corrected chi connectivity index (χ2v) is 4.46. The van der Waals surface area contributed by atoms with Crippen LogP contribution in [-0.2, 0) is 6.54 Å². The number of nitrogens with one attached hydrogen (secondary N) is 1. The Hall–Kier alpha value is -2.54. The molecule has 108 valence electrons. The van der Waals surface area contributed by atoms with Gasteiger partial charge in [0.05, 0.1) is 10.5 Å². The lowest BCUT2D eigenvalue weighted by atomic mass is 10.2. The maximum absolute atomic E-state index is 12.7. The van der Waals surface area contributed by atoms with Gasteiger partial charge in [-0.1, -0.05) is 23.7 Å². The Morgan fingerprint density at radius 3 is 2.67 bits per heavy atom. The van der Waals surface area contributed by atoms with Crippen molar-refractivity contribution in [3.05, 3.63) is 68.7 Å². The van der Waals surface area contributed by atoms with E-state index < -0.39 is 10.8 Å². The molecule has 21 heavy (non-hydrogen) atoms. The third kappa shape index (κ3) is 3.73. The van der Waals surface area contributed by atoms with Crippen LogP contribution in [0.5, 0.6) is 0 Å². The Labute approximate surface area is 123 Å². The van der Waals surface area contributed by atoms with Gasteiger partial charge >= 0.3 is 0 Å². The molecule has 0 saturated heterocycles. The molecule has 0 atom stereocenters. The van der Waals surface area contributed by atoms with Gasteiger partial charge in [-0.3, -0.25) is 14.9 Å². The first-order chi connectivity index (χ1) is 9.97. The number of halogens is 2. The average Bonchev–Trinajstić information content (AvgIpc) is 2.46. The van der Waals surface area contributed by atoms with Gasteiger partial charge in [0.15, 0.2) is 0 Å². The third-order valence-corrected chi connectivity index (χ3v) is 2.95. The zero-order valence-electron chi connectivity index (χ0n) is 10.5. The summed E-state index contributed by atoms with van der Waals surface area (Å²) in [7, 11) is 0. The van der Waals surface area contributed by atoms with E-state index in [0.29, 0.717) is 5.56 Å². The number of benzene rings is 1. The van der Waals surface area contributed by atoms with Crippen LogP contribution in [0, 0.1) is 15.9 Å². The van der Waals surface area contributed by atoms with Gasteiger partial charge in [0.2, 0.25) is 0 Å². The highest BCUT2D eigenvalue weighted by Gasteiger charge is 2.16. The summed E-state index contributed by atoms with van der Waals surface area (Å²) in [5.41, 5.74) is 0.263. The average molecular weight is 310 g/mol. The highest BCUT2D eigenvalue weighted by molar-refractivity contribution is 6.32. The number of amides is 1. The molecule has 1 amide bonds. The fraction of sp³-hybridized carbons (Fsp3) is 0.0769. The highest BCUT2D eigenvalue weighted by atomic mass is 35.5. The van der Waals surface area contributed by atoms with Crippen molar-refractivity contribution in [1.29, 1.82) is 0 Å². The molecule has 0 radical (unpaired) electrons. The second kappa shape index (κ2) is 6.27. The normalized spacial score (nSPS) is 10.2. The van der Waals surface area contributed by atoms with Crippen molar-refractivity contribution in [1.82, 2.24) is 10.3 Å². The summed E-state index contributed by atoms with van der Waals surface area (Å²) in [5.74, 6) is -0.975. The summed E-state index contributed by atoms with van der Waals surface area (Å²) >= 11 is 5.75. The Balaban J connectivity index is 2.11. The van der Waals surface area contributed by atoms with E-state index in [4.69, 9.17) is 11.6 Å². The number of nitrogens with zero attached hydrogens (tertiary/aromatic N) is 2. The van der Waals surface area contributed by atoms with Gasteiger partial charge in [-0.05, 0) is 17.7 Å². The topological polar surface area (TPSA) is 85.1 Å². The van der Waals surface area contributed by atoms with Crippen LogP contribution < -0.4 is 5.32 Å². The van der Waals surface area contributed by atoms with Crippen LogP contribution in [0.15, 0.2) is 36.5 Å². The lowest BCUT2D eigenvalue weighted by molar-refractivity contribution is -0.385. The SMILES string of the molecule is O=C(NCc1ccc(F)cc1)c1cc([N+](=O)[O-])cnc1Cl. The van der Waals surface area contributed by atoms with Gasteiger partial charge in [0.1, 0.15) is 17.2 Å². The van der Waals surface area contributed by atoms with E-state index in [-0.39, 0.29) is 28.8 Å². The first-order valence-electron chi connectivity index (χ1n) is 5.80. The lowest BCUT2D eigenvalue weighted by Gasteiger charge is -2.06. The minimum Gasteiger partial charge on any atom is -0.348 e. The van der Waals surface area contributed by atoms with Crippen molar-refractivity contribution in [2.75, 3.05) is 0 Å². The molecular weight excluding hydrogens is 301 g/mol. The molecule has 2 aromatic rings. The van der Waals surface area contributed by atoms with Crippen LogP contribution in [0.3, 0.4) is 0 Å². The smallest absolute Gasteiger partial charge is 0.288 e. The molecule has 1 aromatic heterocycles. The van der Waals surface area contributed by atoms with E-state index in [9.17, 15) is 19.3 Å². The Morgan fingerprint density at radius 1 is 1.38 bits per heavy atom. The summed E-state index contributed by atoms with van der Waals surface area (Å²) in [6.07, 6.45) is 0.971. The number of rotatable bonds is 4.